The van der Waals surface area contributed by atoms with Crippen molar-refractivity contribution in [2.24, 2.45) is 5.92 Å². The minimum atomic E-state index is -0.819. The number of halogens is 1. The summed E-state index contributed by atoms with van der Waals surface area (Å²) in [6, 6.07) is 5.60. The van der Waals surface area contributed by atoms with Crippen LogP contribution in [0.1, 0.15) is 26.2 Å². The predicted octanol–water partition coefficient (Wildman–Crippen LogP) is 1.90. The van der Waals surface area contributed by atoms with Gasteiger partial charge in [-0.05, 0) is 57.0 Å². The van der Waals surface area contributed by atoms with Crippen LogP contribution in [-0.2, 0) is 4.79 Å². The molecule has 1 aromatic rings. The zero-order valence-corrected chi connectivity index (χ0v) is 14.4. The third-order valence-corrected chi connectivity index (χ3v) is 5.10. The van der Waals surface area contributed by atoms with Crippen LogP contribution >= 0.6 is 0 Å². The van der Waals surface area contributed by atoms with Crippen molar-refractivity contribution in [1.82, 2.24) is 15.5 Å². The van der Waals surface area contributed by atoms with E-state index >= 15 is 0 Å². The van der Waals surface area contributed by atoms with Gasteiger partial charge >= 0.3 is 6.03 Å². The molecule has 0 saturated carbocycles. The highest BCUT2D eigenvalue weighted by Gasteiger charge is 2.48. The molecule has 136 valence electrons. The lowest BCUT2D eigenvalue weighted by Gasteiger charge is -2.39. The number of amides is 3. The Morgan fingerprint density at radius 1 is 1.32 bits per heavy atom. The second kappa shape index (κ2) is 7.39. The van der Waals surface area contributed by atoms with E-state index in [4.69, 9.17) is 4.74 Å². The highest BCUT2D eigenvalue weighted by Crippen LogP contribution is 2.29. The normalized spacial score (nSPS) is 27.0. The summed E-state index contributed by atoms with van der Waals surface area (Å²) in [5.74, 6) is 0.258. The number of imide groups is 1. The Hall–Kier alpha value is -2.15. The number of piperidine rings is 1. The van der Waals surface area contributed by atoms with E-state index in [0.29, 0.717) is 12.4 Å². The van der Waals surface area contributed by atoms with Gasteiger partial charge in [0.05, 0.1) is 6.61 Å². The summed E-state index contributed by atoms with van der Waals surface area (Å²) in [5, 5.41) is 5.12. The Kier molecular flexibility index (Phi) is 5.22. The van der Waals surface area contributed by atoms with Gasteiger partial charge in [0, 0.05) is 19.0 Å². The second-order valence-electron chi connectivity index (χ2n) is 6.91. The number of ether oxygens (including phenoxy) is 1. The molecule has 2 saturated heterocycles. The number of urea groups is 1. The van der Waals surface area contributed by atoms with Gasteiger partial charge in [-0.3, -0.25) is 10.1 Å². The molecule has 0 aromatic heterocycles. The monoisotopic (exact) mass is 349 g/mol. The average Bonchev–Trinajstić information content (AvgIpc) is 2.87. The van der Waals surface area contributed by atoms with E-state index in [2.05, 4.69) is 15.5 Å². The van der Waals surface area contributed by atoms with E-state index in [0.717, 1.165) is 38.9 Å². The van der Waals surface area contributed by atoms with Gasteiger partial charge in [0.1, 0.15) is 17.1 Å². The number of carbonyl (C=O) groups is 2. The molecule has 1 aromatic carbocycles. The van der Waals surface area contributed by atoms with Crippen LogP contribution in [0.3, 0.4) is 0 Å². The number of nitrogens with zero attached hydrogens (tertiary/aromatic N) is 1. The van der Waals surface area contributed by atoms with Gasteiger partial charge in [-0.25, -0.2) is 9.18 Å². The Morgan fingerprint density at radius 3 is 2.76 bits per heavy atom. The zero-order chi connectivity index (χ0) is 17.9. The molecule has 2 aliphatic heterocycles. The SMILES string of the molecule is C[C@]1([C@H]2CCCN(CCCOc3ccc(F)cc3)C2)NC(=O)NC1=O. The smallest absolute Gasteiger partial charge is 0.322 e. The summed E-state index contributed by atoms with van der Waals surface area (Å²) < 4.78 is 18.5. The molecule has 0 spiro atoms. The van der Waals surface area contributed by atoms with Gasteiger partial charge in [-0.2, -0.15) is 0 Å². The van der Waals surface area contributed by atoms with Crippen LogP contribution in [0.25, 0.3) is 0 Å². The molecule has 0 unspecified atom stereocenters. The minimum absolute atomic E-state index is 0.103. The minimum Gasteiger partial charge on any atom is -0.494 e. The zero-order valence-electron chi connectivity index (χ0n) is 14.4. The van der Waals surface area contributed by atoms with Gasteiger partial charge in [0.25, 0.3) is 5.91 Å². The average molecular weight is 349 g/mol. The number of nitrogens with one attached hydrogen (secondary N) is 2. The number of carbonyl (C=O) groups excluding carboxylic acids is 2. The van der Waals surface area contributed by atoms with Crippen LogP contribution in [0, 0.1) is 11.7 Å². The molecule has 3 amide bonds. The molecular formula is C18H24FN3O3. The first-order valence-electron chi connectivity index (χ1n) is 8.72. The van der Waals surface area contributed by atoms with Crippen molar-refractivity contribution in [3.05, 3.63) is 30.1 Å². The number of hydrogen-bond donors (Lipinski definition) is 2. The predicted molar refractivity (Wildman–Crippen MR) is 90.8 cm³/mol. The lowest BCUT2D eigenvalue weighted by atomic mass is 9.80. The number of rotatable bonds is 6. The summed E-state index contributed by atoms with van der Waals surface area (Å²) in [6.45, 7) is 4.99. The molecule has 0 aliphatic carbocycles. The molecule has 2 atom stereocenters. The van der Waals surface area contributed by atoms with E-state index in [1.807, 2.05) is 0 Å². The van der Waals surface area contributed by atoms with Gasteiger partial charge in [-0.15, -0.1) is 0 Å². The largest absolute Gasteiger partial charge is 0.494 e. The summed E-state index contributed by atoms with van der Waals surface area (Å²) in [7, 11) is 0. The molecular weight excluding hydrogens is 325 g/mol. The van der Waals surface area contributed by atoms with Crippen molar-refractivity contribution in [3.8, 4) is 5.75 Å². The molecule has 2 N–H and O–H groups in total. The lowest BCUT2D eigenvalue weighted by Crippen LogP contribution is -2.55. The third kappa shape index (κ3) is 4.10. The summed E-state index contributed by atoms with van der Waals surface area (Å²) >= 11 is 0. The van der Waals surface area contributed by atoms with Crippen LogP contribution < -0.4 is 15.4 Å². The van der Waals surface area contributed by atoms with E-state index in [1.54, 1.807) is 19.1 Å². The number of benzene rings is 1. The standard InChI is InChI=1S/C18H24FN3O3/c1-18(16(23)20-17(24)21-18)13-4-2-9-22(12-13)10-3-11-25-15-7-5-14(19)6-8-15/h5-8,13H,2-4,9-12H2,1H3,(H2,20,21,23,24)/t13-,18+/m0/s1. The van der Waals surface area contributed by atoms with Crippen molar-refractivity contribution >= 4 is 11.9 Å². The van der Waals surface area contributed by atoms with Crippen molar-refractivity contribution in [2.45, 2.75) is 31.7 Å². The maximum Gasteiger partial charge on any atom is 0.322 e. The van der Waals surface area contributed by atoms with Crippen LogP contribution in [0.4, 0.5) is 9.18 Å². The van der Waals surface area contributed by atoms with E-state index in [-0.39, 0.29) is 17.6 Å². The number of hydrogen-bond acceptors (Lipinski definition) is 4. The molecule has 2 aliphatic rings. The molecule has 0 radical (unpaired) electrons. The fourth-order valence-corrected chi connectivity index (χ4v) is 3.58. The topological polar surface area (TPSA) is 70.7 Å². The van der Waals surface area contributed by atoms with E-state index in [1.165, 1.54) is 12.1 Å². The second-order valence-corrected chi connectivity index (χ2v) is 6.91. The van der Waals surface area contributed by atoms with Crippen LogP contribution in [0.5, 0.6) is 5.75 Å². The quantitative estimate of drug-likeness (QED) is 0.608. The van der Waals surface area contributed by atoms with Crippen LogP contribution in [0.2, 0.25) is 0 Å². The van der Waals surface area contributed by atoms with Crippen LogP contribution in [-0.4, -0.2) is 48.6 Å². The maximum absolute atomic E-state index is 12.8. The molecule has 6 nitrogen and oxygen atoms in total. The molecule has 7 heteroatoms. The first-order valence-corrected chi connectivity index (χ1v) is 8.72. The van der Waals surface area contributed by atoms with E-state index in [9.17, 15) is 14.0 Å². The Morgan fingerprint density at radius 2 is 2.08 bits per heavy atom. The maximum atomic E-state index is 12.8. The van der Waals surface area contributed by atoms with Crippen molar-refractivity contribution in [2.75, 3.05) is 26.2 Å². The first-order chi connectivity index (χ1) is 12.0. The fraction of sp³-hybridized carbons (Fsp3) is 0.556. The van der Waals surface area contributed by atoms with Gasteiger partial charge in [-0.1, -0.05) is 0 Å². The number of likely N-dealkylation sites (tertiary alicyclic amines) is 1. The molecule has 0 bridgehead atoms. The molecule has 25 heavy (non-hydrogen) atoms. The fourth-order valence-electron chi connectivity index (χ4n) is 3.58. The van der Waals surface area contributed by atoms with Gasteiger partial charge in [0.15, 0.2) is 0 Å². The third-order valence-electron chi connectivity index (χ3n) is 5.10. The van der Waals surface area contributed by atoms with Crippen LogP contribution in [0.15, 0.2) is 24.3 Å². The van der Waals surface area contributed by atoms with Crippen molar-refractivity contribution < 1.29 is 18.7 Å². The van der Waals surface area contributed by atoms with Crippen molar-refractivity contribution in [1.29, 1.82) is 0 Å². The molecule has 2 heterocycles. The molecule has 3 rings (SSSR count). The van der Waals surface area contributed by atoms with Crippen molar-refractivity contribution in [3.63, 3.8) is 0 Å². The summed E-state index contributed by atoms with van der Waals surface area (Å²) in [5.41, 5.74) is -0.819. The summed E-state index contributed by atoms with van der Waals surface area (Å²) in [6.07, 6.45) is 2.77. The Labute approximate surface area is 146 Å². The van der Waals surface area contributed by atoms with Gasteiger partial charge in [0.2, 0.25) is 0 Å². The Balaban J connectivity index is 1.45. The van der Waals surface area contributed by atoms with E-state index < -0.39 is 11.6 Å². The van der Waals surface area contributed by atoms with Gasteiger partial charge < -0.3 is 15.0 Å². The lowest BCUT2D eigenvalue weighted by molar-refractivity contribution is -0.126. The first kappa shape index (κ1) is 17.7. The molecule has 2 fully saturated rings. The Bertz CT molecular complexity index is 637. The summed E-state index contributed by atoms with van der Waals surface area (Å²) in [4.78, 5) is 25.9. The highest BCUT2D eigenvalue weighted by molar-refractivity contribution is 6.06. The highest BCUT2D eigenvalue weighted by atomic mass is 19.1.